The van der Waals surface area contributed by atoms with Crippen LogP contribution in [0.5, 0.6) is 5.75 Å². The zero-order valence-electron chi connectivity index (χ0n) is 12.7. The van der Waals surface area contributed by atoms with Crippen LogP contribution in [0.4, 0.5) is 0 Å². The van der Waals surface area contributed by atoms with Crippen molar-refractivity contribution < 1.29 is 9.47 Å². The Morgan fingerprint density at radius 2 is 2.15 bits per heavy atom. The first-order valence-electron chi connectivity index (χ1n) is 7.87. The van der Waals surface area contributed by atoms with Crippen molar-refractivity contribution in [2.75, 3.05) is 19.8 Å². The average molecular weight is 277 g/mol. The van der Waals surface area contributed by atoms with Crippen molar-refractivity contribution in [2.45, 2.75) is 51.7 Å². The van der Waals surface area contributed by atoms with Gasteiger partial charge >= 0.3 is 0 Å². The number of unbranched alkanes of at least 4 members (excludes halogenated alkanes) is 1. The summed E-state index contributed by atoms with van der Waals surface area (Å²) < 4.78 is 11.3. The molecule has 0 amide bonds. The SMILES string of the molecule is CCCCOc1ccc([C@@H](C)NC[C@@H]2CCCO2)cc1. The normalized spacial score (nSPS) is 20.0. The van der Waals surface area contributed by atoms with Crippen LogP contribution in [0.2, 0.25) is 0 Å². The molecule has 3 nitrogen and oxygen atoms in total. The van der Waals surface area contributed by atoms with Crippen molar-refractivity contribution in [3.8, 4) is 5.75 Å². The summed E-state index contributed by atoms with van der Waals surface area (Å²) in [4.78, 5) is 0. The highest BCUT2D eigenvalue weighted by atomic mass is 16.5. The molecule has 0 unspecified atom stereocenters. The van der Waals surface area contributed by atoms with Crippen molar-refractivity contribution in [3.63, 3.8) is 0 Å². The molecule has 0 spiro atoms. The molecule has 1 saturated heterocycles. The second kappa shape index (κ2) is 8.28. The Labute approximate surface area is 122 Å². The highest BCUT2D eigenvalue weighted by Gasteiger charge is 2.16. The Morgan fingerprint density at radius 3 is 2.80 bits per heavy atom. The molecule has 2 atom stereocenters. The number of ether oxygens (including phenoxy) is 2. The summed E-state index contributed by atoms with van der Waals surface area (Å²) in [5, 5.41) is 3.55. The van der Waals surface area contributed by atoms with Gasteiger partial charge in [0.15, 0.2) is 0 Å². The van der Waals surface area contributed by atoms with Gasteiger partial charge in [-0.15, -0.1) is 0 Å². The molecule has 1 aromatic rings. The topological polar surface area (TPSA) is 30.5 Å². The van der Waals surface area contributed by atoms with Crippen molar-refractivity contribution in [1.29, 1.82) is 0 Å². The molecule has 1 aliphatic heterocycles. The molecule has 1 fully saturated rings. The van der Waals surface area contributed by atoms with Gasteiger partial charge in [0.1, 0.15) is 5.75 Å². The second-order valence-electron chi connectivity index (χ2n) is 5.54. The predicted octanol–water partition coefficient (Wildman–Crippen LogP) is 3.70. The fourth-order valence-electron chi connectivity index (χ4n) is 2.42. The molecule has 1 aromatic carbocycles. The van der Waals surface area contributed by atoms with Crippen LogP contribution in [0.25, 0.3) is 0 Å². The second-order valence-corrected chi connectivity index (χ2v) is 5.54. The molecule has 1 N–H and O–H groups in total. The molecule has 2 rings (SSSR count). The molecule has 20 heavy (non-hydrogen) atoms. The molecule has 0 aromatic heterocycles. The lowest BCUT2D eigenvalue weighted by atomic mass is 10.1. The van der Waals surface area contributed by atoms with Gasteiger partial charge in [-0.05, 0) is 43.9 Å². The van der Waals surface area contributed by atoms with E-state index in [-0.39, 0.29) is 0 Å². The molecule has 1 heterocycles. The van der Waals surface area contributed by atoms with Gasteiger partial charge in [0.2, 0.25) is 0 Å². The van der Waals surface area contributed by atoms with Gasteiger partial charge in [0, 0.05) is 19.2 Å². The van der Waals surface area contributed by atoms with Crippen LogP contribution >= 0.6 is 0 Å². The van der Waals surface area contributed by atoms with Crippen LogP contribution in [0, 0.1) is 0 Å². The number of rotatable bonds is 8. The summed E-state index contributed by atoms with van der Waals surface area (Å²) >= 11 is 0. The molecular weight excluding hydrogens is 250 g/mol. The van der Waals surface area contributed by atoms with Crippen LogP contribution in [-0.2, 0) is 4.74 Å². The van der Waals surface area contributed by atoms with E-state index in [0.29, 0.717) is 12.1 Å². The van der Waals surface area contributed by atoms with Gasteiger partial charge < -0.3 is 14.8 Å². The minimum atomic E-state index is 0.351. The maximum atomic E-state index is 5.68. The monoisotopic (exact) mass is 277 g/mol. The maximum Gasteiger partial charge on any atom is 0.119 e. The summed E-state index contributed by atoms with van der Waals surface area (Å²) in [6, 6.07) is 8.77. The molecular formula is C17H27NO2. The quantitative estimate of drug-likeness (QED) is 0.735. The van der Waals surface area contributed by atoms with Gasteiger partial charge in [0.25, 0.3) is 0 Å². The van der Waals surface area contributed by atoms with E-state index in [4.69, 9.17) is 9.47 Å². The summed E-state index contributed by atoms with van der Waals surface area (Å²) in [5.41, 5.74) is 1.30. The third kappa shape index (κ3) is 4.80. The highest BCUT2D eigenvalue weighted by molar-refractivity contribution is 5.28. The molecule has 1 aliphatic rings. The number of hydrogen-bond donors (Lipinski definition) is 1. The van der Waals surface area contributed by atoms with Crippen molar-refractivity contribution in [3.05, 3.63) is 29.8 Å². The van der Waals surface area contributed by atoms with Crippen molar-refractivity contribution in [1.82, 2.24) is 5.32 Å². The van der Waals surface area contributed by atoms with E-state index in [1.165, 1.54) is 24.8 Å². The predicted molar refractivity (Wildman–Crippen MR) is 82.2 cm³/mol. The third-order valence-electron chi connectivity index (χ3n) is 3.82. The number of benzene rings is 1. The minimum absolute atomic E-state index is 0.351. The van der Waals surface area contributed by atoms with E-state index in [1.807, 2.05) is 0 Å². The van der Waals surface area contributed by atoms with E-state index in [1.54, 1.807) is 0 Å². The van der Waals surface area contributed by atoms with Gasteiger partial charge in [-0.1, -0.05) is 25.5 Å². The first kappa shape index (κ1) is 15.3. The third-order valence-corrected chi connectivity index (χ3v) is 3.82. The zero-order chi connectivity index (χ0) is 14.2. The maximum absolute atomic E-state index is 5.68. The zero-order valence-corrected chi connectivity index (χ0v) is 12.7. The van der Waals surface area contributed by atoms with E-state index < -0.39 is 0 Å². The van der Waals surface area contributed by atoms with Crippen LogP contribution in [0.15, 0.2) is 24.3 Å². The van der Waals surface area contributed by atoms with Crippen LogP contribution < -0.4 is 10.1 Å². The Bertz CT molecular complexity index is 371. The molecule has 0 bridgehead atoms. The summed E-state index contributed by atoms with van der Waals surface area (Å²) in [7, 11) is 0. The van der Waals surface area contributed by atoms with Gasteiger partial charge in [-0.25, -0.2) is 0 Å². The fourth-order valence-corrected chi connectivity index (χ4v) is 2.42. The average Bonchev–Trinajstić information content (AvgIpc) is 2.99. The fraction of sp³-hybridized carbons (Fsp3) is 0.647. The molecule has 112 valence electrons. The Balaban J connectivity index is 1.75. The highest BCUT2D eigenvalue weighted by Crippen LogP contribution is 2.19. The van der Waals surface area contributed by atoms with Crippen molar-refractivity contribution in [2.24, 2.45) is 0 Å². The number of hydrogen-bond acceptors (Lipinski definition) is 3. The molecule has 0 radical (unpaired) electrons. The van der Waals surface area contributed by atoms with E-state index >= 15 is 0 Å². The van der Waals surface area contributed by atoms with E-state index in [9.17, 15) is 0 Å². The van der Waals surface area contributed by atoms with Gasteiger partial charge in [-0.2, -0.15) is 0 Å². The summed E-state index contributed by atoms with van der Waals surface area (Å²) in [5.74, 6) is 0.966. The summed E-state index contributed by atoms with van der Waals surface area (Å²) in [6.07, 6.45) is 5.06. The Hall–Kier alpha value is -1.06. The van der Waals surface area contributed by atoms with Crippen LogP contribution in [-0.4, -0.2) is 25.9 Å². The first-order chi connectivity index (χ1) is 9.79. The van der Waals surface area contributed by atoms with Gasteiger partial charge in [-0.3, -0.25) is 0 Å². The van der Waals surface area contributed by atoms with Crippen LogP contribution in [0.1, 0.15) is 51.1 Å². The van der Waals surface area contributed by atoms with Gasteiger partial charge in [0.05, 0.1) is 12.7 Å². The Morgan fingerprint density at radius 1 is 1.35 bits per heavy atom. The van der Waals surface area contributed by atoms with E-state index in [0.717, 1.165) is 31.9 Å². The molecule has 3 heteroatoms. The Kier molecular flexibility index (Phi) is 6.34. The standard InChI is InChI=1S/C17H27NO2/c1-3-4-11-19-16-9-7-15(8-10-16)14(2)18-13-17-6-5-12-20-17/h7-10,14,17-18H,3-6,11-13H2,1-2H3/t14-,17+/m1/s1. The molecule has 0 saturated carbocycles. The lowest BCUT2D eigenvalue weighted by Gasteiger charge is -2.17. The molecule has 0 aliphatic carbocycles. The lowest BCUT2D eigenvalue weighted by Crippen LogP contribution is -2.28. The van der Waals surface area contributed by atoms with Crippen LogP contribution in [0.3, 0.4) is 0 Å². The minimum Gasteiger partial charge on any atom is -0.494 e. The largest absolute Gasteiger partial charge is 0.494 e. The smallest absolute Gasteiger partial charge is 0.119 e. The number of nitrogens with one attached hydrogen (secondary N) is 1. The lowest BCUT2D eigenvalue weighted by molar-refractivity contribution is 0.108. The summed E-state index contributed by atoms with van der Waals surface area (Å²) in [6.45, 7) is 7.04. The van der Waals surface area contributed by atoms with Crippen molar-refractivity contribution >= 4 is 0 Å². The first-order valence-corrected chi connectivity index (χ1v) is 7.87. The van der Waals surface area contributed by atoms with E-state index in [2.05, 4.69) is 43.4 Å².